The average Bonchev–Trinajstić information content (AvgIpc) is 3.02. The van der Waals surface area contributed by atoms with E-state index in [9.17, 15) is 5.11 Å². The van der Waals surface area contributed by atoms with Crippen LogP contribution in [0.4, 0.5) is 0 Å². The Morgan fingerprint density at radius 2 is 2.17 bits per heavy atom. The lowest BCUT2D eigenvalue weighted by Crippen LogP contribution is -2.49. The molecule has 0 aromatic carbocycles. The number of hydrogen-bond acceptors (Lipinski definition) is 6. The van der Waals surface area contributed by atoms with E-state index in [4.69, 9.17) is 4.74 Å². The molecule has 1 atom stereocenters. The van der Waals surface area contributed by atoms with Gasteiger partial charge in [-0.3, -0.25) is 4.90 Å². The first-order valence-electron chi connectivity index (χ1n) is 8.26. The number of methoxy groups -OCH3 is 1. The summed E-state index contributed by atoms with van der Waals surface area (Å²) in [6, 6.07) is 0. The van der Waals surface area contributed by atoms with Crippen molar-refractivity contribution >= 4 is 0 Å². The normalized spacial score (nSPS) is 22.0. The maximum atomic E-state index is 11.0. The van der Waals surface area contributed by atoms with E-state index in [0.29, 0.717) is 13.0 Å². The van der Waals surface area contributed by atoms with Crippen LogP contribution >= 0.6 is 0 Å². The van der Waals surface area contributed by atoms with Gasteiger partial charge in [-0.05, 0) is 26.3 Å². The van der Waals surface area contributed by atoms with E-state index >= 15 is 0 Å². The summed E-state index contributed by atoms with van der Waals surface area (Å²) in [5.41, 5.74) is 1.28. The molecule has 132 valence electrons. The molecule has 1 saturated heterocycles. The van der Waals surface area contributed by atoms with Crippen LogP contribution < -0.4 is 4.74 Å². The minimum atomic E-state index is -0.775. The number of β-amino-alcohol motifs (C(OH)–C–C–N with tert-alkyl or cyclic N) is 1. The molecule has 0 saturated carbocycles. The molecule has 1 aliphatic rings. The monoisotopic (exact) mass is 334 g/mol. The number of nitrogens with zero attached hydrogens (tertiary/aromatic N) is 6. The second kappa shape index (κ2) is 6.52. The SMILES string of the molecule is COc1c(CN2CCCC(O)(Cc3nncn3C)C2)c(C)nn1C. The van der Waals surface area contributed by atoms with Gasteiger partial charge < -0.3 is 14.4 Å². The molecular weight excluding hydrogens is 308 g/mol. The van der Waals surface area contributed by atoms with Gasteiger partial charge in [-0.15, -0.1) is 10.2 Å². The summed E-state index contributed by atoms with van der Waals surface area (Å²) in [6.45, 7) is 4.29. The Morgan fingerprint density at radius 3 is 2.83 bits per heavy atom. The number of ether oxygens (including phenoxy) is 1. The van der Waals surface area contributed by atoms with Crippen LogP contribution in [0.25, 0.3) is 0 Å². The van der Waals surface area contributed by atoms with Gasteiger partial charge >= 0.3 is 0 Å². The van der Waals surface area contributed by atoms with Crippen LogP contribution in [0.1, 0.15) is 29.9 Å². The zero-order valence-corrected chi connectivity index (χ0v) is 14.9. The summed E-state index contributed by atoms with van der Waals surface area (Å²) in [4.78, 5) is 2.27. The van der Waals surface area contributed by atoms with E-state index in [2.05, 4.69) is 20.2 Å². The first-order chi connectivity index (χ1) is 11.4. The van der Waals surface area contributed by atoms with Gasteiger partial charge in [0.1, 0.15) is 12.2 Å². The van der Waals surface area contributed by atoms with Crippen molar-refractivity contribution in [1.82, 2.24) is 29.4 Å². The van der Waals surface area contributed by atoms with Crippen molar-refractivity contribution in [3.05, 3.63) is 23.4 Å². The molecule has 1 N–H and O–H groups in total. The predicted octanol–water partition coefficient (Wildman–Crippen LogP) is 0.435. The Labute approximate surface area is 142 Å². The second-order valence-electron chi connectivity index (χ2n) is 6.77. The fourth-order valence-electron chi connectivity index (χ4n) is 3.59. The summed E-state index contributed by atoms with van der Waals surface area (Å²) in [7, 11) is 5.46. The van der Waals surface area contributed by atoms with Crippen molar-refractivity contribution in [2.75, 3.05) is 20.2 Å². The average molecular weight is 334 g/mol. The van der Waals surface area contributed by atoms with E-state index in [0.717, 1.165) is 48.9 Å². The van der Waals surface area contributed by atoms with Gasteiger partial charge in [0, 0.05) is 33.6 Å². The molecule has 1 unspecified atom stereocenters. The maximum absolute atomic E-state index is 11.0. The lowest BCUT2D eigenvalue weighted by molar-refractivity contribution is -0.0346. The second-order valence-corrected chi connectivity index (χ2v) is 6.77. The number of aromatic nitrogens is 5. The molecular formula is C16H26N6O2. The van der Waals surface area contributed by atoms with Gasteiger partial charge in [0.15, 0.2) is 0 Å². The van der Waals surface area contributed by atoms with Gasteiger partial charge in [-0.25, -0.2) is 4.68 Å². The zero-order chi connectivity index (χ0) is 17.3. The summed E-state index contributed by atoms with van der Waals surface area (Å²) >= 11 is 0. The van der Waals surface area contributed by atoms with Crippen molar-refractivity contribution in [1.29, 1.82) is 0 Å². The fourth-order valence-corrected chi connectivity index (χ4v) is 3.59. The Kier molecular flexibility index (Phi) is 4.60. The fraction of sp³-hybridized carbons (Fsp3) is 0.688. The Hall–Kier alpha value is -1.93. The van der Waals surface area contributed by atoms with Crippen molar-refractivity contribution in [3.63, 3.8) is 0 Å². The molecule has 0 amide bonds. The van der Waals surface area contributed by atoms with Crippen LogP contribution in [-0.4, -0.2) is 60.4 Å². The van der Waals surface area contributed by atoms with Gasteiger partial charge in [-0.1, -0.05) is 0 Å². The molecule has 1 aliphatic heterocycles. The van der Waals surface area contributed by atoms with Crippen LogP contribution in [0.2, 0.25) is 0 Å². The van der Waals surface area contributed by atoms with Crippen molar-refractivity contribution < 1.29 is 9.84 Å². The Balaban J connectivity index is 1.73. The maximum Gasteiger partial charge on any atom is 0.216 e. The molecule has 2 aromatic heterocycles. The molecule has 3 rings (SSSR count). The highest BCUT2D eigenvalue weighted by Gasteiger charge is 2.35. The highest BCUT2D eigenvalue weighted by atomic mass is 16.5. The molecule has 0 aliphatic carbocycles. The van der Waals surface area contributed by atoms with Crippen molar-refractivity contribution in [2.45, 2.75) is 38.3 Å². The molecule has 0 bridgehead atoms. The van der Waals surface area contributed by atoms with Gasteiger partial charge in [0.25, 0.3) is 0 Å². The third-order valence-corrected chi connectivity index (χ3v) is 4.79. The van der Waals surface area contributed by atoms with Crippen LogP contribution in [0.15, 0.2) is 6.33 Å². The topological polar surface area (TPSA) is 81.2 Å². The van der Waals surface area contributed by atoms with E-state index in [-0.39, 0.29) is 0 Å². The zero-order valence-electron chi connectivity index (χ0n) is 14.9. The third-order valence-electron chi connectivity index (χ3n) is 4.79. The molecule has 0 spiro atoms. The van der Waals surface area contributed by atoms with E-state index in [1.165, 1.54) is 0 Å². The highest BCUT2D eigenvalue weighted by Crippen LogP contribution is 2.28. The van der Waals surface area contributed by atoms with Crippen LogP contribution in [0, 0.1) is 6.92 Å². The molecule has 2 aromatic rings. The van der Waals surface area contributed by atoms with Gasteiger partial charge in [0.2, 0.25) is 5.88 Å². The van der Waals surface area contributed by atoms with Crippen molar-refractivity contribution in [2.24, 2.45) is 14.1 Å². The van der Waals surface area contributed by atoms with Crippen LogP contribution in [-0.2, 0) is 27.1 Å². The number of piperidine rings is 1. The molecule has 8 nitrogen and oxygen atoms in total. The standard InChI is InChI=1S/C16H26N6O2/c1-12-13(15(24-4)21(3)19-12)9-22-7-5-6-16(23,10-22)8-14-18-17-11-20(14)2/h11,23H,5-10H2,1-4H3. The largest absolute Gasteiger partial charge is 0.481 e. The smallest absolute Gasteiger partial charge is 0.216 e. The minimum absolute atomic E-state index is 0.517. The van der Waals surface area contributed by atoms with Gasteiger partial charge in [0.05, 0.1) is 24.0 Å². The Morgan fingerprint density at radius 1 is 1.38 bits per heavy atom. The molecule has 0 radical (unpaired) electrons. The Bertz CT molecular complexity index is 709. The number of aliphatic hydroxyl groups is 1. The predicted molar refractivity (Wildman–Crippen MR) is 88.7 cm³/mol. The van der Waals surface area contributed by atoms with Crippen LogP contribution in [0.5, 0.6) is 5.88 Å². The number of likely N-dealkylation sites (tertiary alicyclic amines) is 1. The summed E-state index contributed by atoms with van der Waals surface area (Å²) < 4.78 is 9.11. The summed E-state index contributed by atoms with van der Waals surface area (Å²) in [5.74, 6) is 1.60. The first-order valence-corrected chi connectivity index (χ1v) is 8.26. The molecule has 3 heterocycles. The summed E-state index contributed by atoms with van der Waals surface area (Å²) in [5, 5.41) is 23.5. The lowest BCUT2D eigenvalue weighted by Gasteiger charge is -2.39. The highest BCUT2D eigenvalue weighted by molar-refractivity contribution is 5.30. The molecule has 1 fully saturated rings. The lowest BCUT2D eigenvalue weighted by atomic mass is 9.89. The minimum Gasteiger partial charge on any atom is -0.481 e. The first kappa shape index (κ1) is 16.9. The van der Waals surface area contributed by atoms with Crippen molar-refractivity contribution in [3.8, 4) is 5.88 Å². The van der Waals surface area contributed by atoms with E-state index in [1.54, 1.807) is 18.1 Å². The number of aryl methyl sites for hydroxylation is 3. The summed E-state index contributed by atoms with van der Waals surface area (Å²) in [6.07, 6.45) is 3.92. The number of rotatable bonds is 5. The molecule has 24 heavy (non-hydrogen) atoms. The van der Waals surface area contributed by atoms with Crippen LogP contribution in [0.3, 0.4) is 0 Å². The van der Waals surface area contributed by atoms with Gasteiger partial charge in [-0.2, -0.15) is 5.10 Å². The quantitative estimate of drug-likeness (QED) is 0.854. The number of hydrogen-bond donors (Lipinski definition) is 1. The van der Waals surface area contributed by atoms with E-state index < -0.39 is 5.60 Å². The van der Waals surface area contributed by atoms with E-state index in [1.807, 2.05) is 25.6 Å². The third kappa shape index (κ3) is 3.29. The molecule has 8 heteroatoms.